The molecule has 2 N–H and O–H groups in total. The van der Waals surface area contributed by atoms with Crippen LogP contribution >= 0.6 is 0 Å². The highest BCUT2D eigenvalue weighted by Gasteiger charge is 2.43. The molecule has 16 heteroatoms. The van der Waals surface area contributed by atoms with E-state index in [1.807, 2.05) is 24.3 Å². The lowest BCUT2D eigenvalue weighted by Gasteiger charge is -2.38. The first-order chi connectivity index (χ1) is 29.1. The molecule has 3 saturated heterocycles. The van der Waals surface area contributed by atoms with E-state index in [2.05, 4.69) is 37.3 Å². The average Bonchev–Trinajstić information content (AvgIpc) is 3.67. The average molecular weight is 825 g/mol. The van der Waals surface area contributed by atoms with Gasteiger partial charge < -0.3 is 28.9 Å². The first-order valence-electron chi connectivity index (χ1n) is 21.5. The maximum Gasteiger partial charge on any atom is 0.255 e. The number of imide groups is 1. The van der Waals surface area contributed by atoms with Crippen molar-refractivity contribution in [1.29, 1.82) is 0 Å². The SMILES string of the molecule is CC1(Oc2ccc3[nH]nc(-c4cc(N5CCC(OC6CCC(OC7CCN(c8c(F)cc9c(c8F)CN(C8CCC(=O)NC8=O)C9=O)CC7)CC6)CC5)ncn4)c3c2)CC1. The Labute approximate surface area is 346 Å². The molecule has 60 heavy (non-hydrogen) atoms. The highest BCUT2D eigenvalue weighted by molar-refractivity contribution is 6.05. The quantitative estimate of drug-likeness (QED) is 0.182. The van der Waals surface area contributed by atoms with Gasteiger partial charge in [-0.15, -0.1) is 0 Å². The van der Waals surface area contributed by atoms with Crippen LogP contribution in [0.1, 0.15) is 99.9 Å². The van der Waals surface area contributed by atoms with Gasteiger partial charge in [0.25, 0.3) is 5.91 Å². The Balaban J connectivity index is 0.675. The Kier molecular flexibility index (Phi) is 10.2. The molecule has 316 valence electrons. The number of anilines is 2. The van der Waals surface area contributed by atoms with Crippen molar-refractivity contribution < 1.29 is 37.4 Å². The molecule has 1 unspecified atom stereocenters. The fraction of sp³-hybridized carbons (Fsp3) is 0.545. The summed E-state index contributed by atoms with van der Waals surface area (Å²) >= 11 is 0. The van der Waals surface area contributed by atoms with Crippen LogP contribution in [-0.4, -0.2) is 105 Å². The summed E-state index contributed by atoms with van der Waals surface area (Å²) in [4.78, 5) is 51.6. The number of amides is 3. The number of H-pyrrole nitrogens is 1. The van der Waals surface area contributed by atoms with Gasteiger partial charge in [-0.1, -0.05) is 0 Å². The number of aromatic nitrogens is 4. The predicted octanol–water partition coefficient (Wildman–Crippen LogP) is 5.97. The molecular weight excluding hydrogens is 775 g/mol. The second kappa shape index (κ2) is 15.7. The minimum Gasteiger partial charge on any atom is -0.488 e. The summed E-state index contributed by atoms with van der Waals surface area (Å²) in [5.74, 6) is -1.43. The Morgan fingerprint density at radius 3 is 2.13 bits per heavy atom. The third-order valence-corrected chi connectivity index (χ3v) is 13.4. The number of ether oxygens (including phenoxy) is 3. The molecule has 6 heterocycles. The van der Waals surface area contributed by atoms with Gasteiger partial charge in [0, 0.05) is 49.6 Å². The number of carbonyl (C=O) groups is 3. The van der Waals surface area contributed by atoms with Crippen molar-refractivity contribution in [3.63, 3.8) is 0 Å². The Bertz CT molecular complexity index is 2310. The van der Waals surface area contributed by atoms with E-state index in [0.717, 1.165) is 104 Å². The van der Waals surface area contributed by atoms with E-state index in [1.165, 1.54) is 4.90 Å². The maximum absolute atomic E-state index is 15.9. The number of hydrogen-bond acceptors (Lipinski definition) is 11. The van der Waals surface area contributed by atoms with E-state index in [-0.39, 0.29) is 66.2 Å². The number of benzene rings is 2. The van der Waals surface area contributed by atoms with E-state index in [4.69, 9.17) is 14.2 Å². The standard InChI is InChI=1S/C44H50F2N8O6/c1-44(14-15-44)60-29-6-7-34-31(20-29)40(51-50-34)35-22-37(48-24-47-35)52-16-10-27(11-17-52)58-25-2-4-26(5-3-25)59-28-12-18-53(19-13-28)41-33(45)21-30-32(39(41)46)23-54(43(30)57)36-8-9-38(55)49-42(36)56/h6-7,20-22,24-28,36H,2-5,8-19,23H2,1H3,(H,50,51)(H,49,55,56). The lowest BCUT2D eigenvalue weighted by Crippen LogP contribution is -2.52. The second-order valence-electron chi connectivity index (χ2n) is 17.6. The largest absolute Gasteiger partial charge is 0.488 e. The molecule has 0 spiro atoms. The molecule has 6 aliphatic rings. The smallest absolute Gasteiger partial charge is 0.255 e. The van der Waals surface area contributed by atoms with Crippen LogP contribution in [0.4, 0.5) is 20.3 Å². The molecule has 0 bridgehead atoms. The molecule has 2 aromatic heterocycles. The summed E-state index contributed by atoms with van der Waals surface area (Å²) < 4.78 is 50.8. The van der Waals surface area contributed by atoms with Crippen molar-refractivity contribution in [3.05, 3.63) is 59.4 Å². The molecule has 3 amide bonds. The van der Waals surface area contributed by atoms with Crippen LogP contribution in [0.5, 0.6) is 5.75 Å². The third kappa shape index (κ3) is 7.68. The first kappa shape index (κ1) is 38.9. The summed E-state index contributed by atoms with van der Waals surface area (Å²) in [5, 5.41) is 10.9. The zero-order chi connectivity index (χ0) is 41.1. The summed E-state index contributed by atoms with van der Waals surface area (Å²) in [6, 6.07) is 8.25. The minimum atomic E-state index is -0.895. The fourth-order valence-electron chi connectivity index (χ4n) is 9.66. The lowest BCUT2D eigenvalue weighted by atomic mass is 9.93. The van der Waals surface area contributed by atoms with Crippen LogP contribution in [0.3, 0.4) is 0 Å². The van der Waals surface area contributed by atoms with Gasteiger partial charge in [-0.3, -0.25) is 24.8 Å². The van der Waals surface area contributed by atoms with Crippen LogP contribution in [-0.2, 0) is 25.6 Å². The Hall–Kier alpha value is -5.22. The van der Waals surface area contributed by atoms with Gasteiger partial charge >= 0.3 is 0 Å². The van der Waals surface area contributed by atoms with Crippen molar-refractivity contribution >= 4 is 40.1 Å². The van der Waals surface area contributed by atoms with Gasteiger partial charge in [0.15, 0.2) is 5.82 Å². The number of aromatic amines is 1. The zero-order valence-electron chi connectivity index (χ0n) is 33.8. The van der Waals surface area contributed by atoms with Gasteiger partial charge in [0.1, 0.15) is 46.7 Å². The third-order valence-electron chi connectivity index (χ3n) is 13.4. The maximum atomic E-state index is 15.9. The van der Waals surface area contributed by atoms with Crippen LogP contribution in [0.15, 0.2) is 36.7 Å². The second-order valence-corrected chi connectivity index (χ2v) is 17.6. The number of hydrogen-bond donors (Lipinski definition) is 2. The molecule has 10 rings (SSSR count). The molecule has 4 aromatic rings. The minimum absolute atomic E-state index is 0.00495. The lowest BCUT2D eigenvalue weighted by molar-refractivity contribution is -0.136. The highest BCUT2D eigenvalue weighted by Crippen LogP contribution is 2.41. The van der Waals surface area contributed by atoms with Crippen molar-refractivity contribution in [3.8, 4) is 17.1 Å². The number of nitrogens with zero attached hydrogens (tertiary/aromatic N) is 6. The molecule has 2 aromatic carbocycles. The first-order valence-corrected chi connectivity index (χ1v) is 21.5. The summed E-state index contributed by atoms with van der Waals surface area (Å²) in [7, 11) is 0. The van der Waals surface area contributed by atoms with Gasteiger partial charge in [-0.25, -0.2) is 18.7 Å². The molecule has 5 fully saturated rings. The number of rotatable bonds is 10. The summed E-state index contributed by atoms with van der Waals surface area (Å²) in [6.45, 7) is 4.52. The van der Waals surface area contributed by atoms with E-state index in [9.17, 15) is 14.4 Å². The monoisotopic (exact) mass is 824 g/mol. The molecule has 1 atom stereocenters. The van der Waals surface area contributed by atoms with Crippen LogP contribution in [0, 0.1) is 11.6 Å². The van der Waals surface area contributed by atoms with Crippen LogP contribution in [0.2, 0.25) is 0 Å². The Morgan fingerprint density at radius 1 is 0.800 bits per heavy atom. The molecule has 2 saturated carbocycles. The fourth-order valence-corrected chi connectivity index (χ4v) is 9.66. The van der Waals surface area contributed by atoms with Gasteiger partial charge in [-0.05, 0) is 102 Å². The van der Waals surface area contributed by atoms with Crippen molar-refractivity contribution in [2.75, 3.05) is 36.0 Å². The number of carbonyl (C=O) groups excluding carboxylic acids is 3. The molecule has 0 radical (unpaired) electrons. The predicted molar refractivity (Wildman–Crippen MR) is 216 cm³/mol. The van der Waals surface area contributed by atoms with E-state index in [1.54, 1.807) is 11.2 Å². The molecule has 4 aliphatic heterocycles. The number of fused-ring (bicyclic) bond motifs is 2. The van der Waals surface area contributed by atoms with Crippen LogP contribution in [0.25, 0.3) is 22.3 Å². The van der Waals surface area contributed by atoms with E-state index >= 15 is 8.78 Å². The number of halogens is 2. The van der Waals surface area contributed by atoms with Crippen molar-refractivity contribution in [2.24, 2.45) is 0 Å². The molecule has 2 aliphatic carbocycles. The molecular formula is C44H50F2N8O6. The van der Waals surface area contributed by atoms with Crippen LogP contribution < -0.4 is 19.9 Å². The van der Waals surface area contributed by atoms with E-state index < -0.39 is 35.4 Å². The summed E-state index contributed by atoms with van der Waals surface area (Å²) in [6.07, 6.45) is 11.3. The van der Waals surface area contributed by atoms with Gasteiger partial charge in [0.2, 0.25) is 11.8 Å². The normalized spacial score (nSPS) is 24.9. The number of nitrogens with one attached hydrogen (secondary N) is 2. The molecule has 14 nitrogen and oxygen atoms in total. The van der Waals surface area contributed by atoms with E-state index in [0.29, 0.717) is 25.9 Å². The zero-order valence-corrected chi connectivity index (χ0v) is 33.8. The van der Waals surface area contributed by atoms with Gasteiger partial charge in [-0.2, -0.15) is 5.10 Å². The topological polar surface area (TPSA) is 155 Å². The van der Waals surface area contributed by atoms with Crippen molar-refractivity contribution in [2.45, 2.75) is 127 Å². The highest BCUT2D eigenvalue weighted by atomic mass is 19.1. The Morgan fingerprint density at radius 2 is 1.47 bits per heavy atom. The van der Waals surface area contributed by atoms with Gasteiger partial charge in [0.05, 0.1) is 47.7 Å². The summed E-state index contributed by atoms with van der Waals surface area (Å²) in [5.41, 5.74) is 2.31. The number of piperidine rings is 3. The van der Waals surface area contributed by atoms with Crippen molar-refractivity contribution in [1.82, 2.24) is 30.4 Å².